The zero-order valence-corrected chi connectivity index (χ0v) is 11.7. The first-order valence-electron chi connectivity index (χ1n) is 7.03. The Kier molecular flexibility index (Phi) is 3.64. The fourth-order valence-corrected chi connectivity index (χ4v) is 2.58. The van der Waals surface area contributed by atoms with Gasteiger partial charge in [-0.3, -0.25) is 0 Å². The molecule has 3 aromatic rings. The highest BCUT2D eigenvalue weighted by Gasteiger charge is 2.01. The summed E-state index contributed by atoms with van der Waals surface area (Å²) in [7, 11) is 0. The Morgan fingerprint density at radius 2 is 1.45 bits per heavy atom. The van der Waals surface area contributed by atoms with Gasteiger partial charge in [-0.1, -0.05) is 78.9 Å². The summed E-state index contributed by atoms with van der Waals surface area (Å²) in [5.74, 6) is 0. The number of rotatable bonds is 3. The molecule has 0 atom stereocenters. The zero-order chi connectivity index (χ0) is 13.8. The SMILES string of the molecule is Cc1ccc(C/C=C/c2ccccc2)c2ccccc12. The van der Waals surface area contributed by atoms with Crippen LogP contribution in [0.25, 0.3) is 16.8 Å². The third kappa shape index (κ3) is 2.65. The fraction of sp³-hybridized carbons (Fsp3) is 0.100. The minimum atomic E-state index is 0.968. The van der Waals surface area contributed by atoms with Gasteiger partial charge in [-0.25, -0.2) is 0 Å². The van der Waals surface area contributed by atoms with E-state index in [1.807, 2.05) is 6.07 Å². The average Bonchev–Trinajstić information content (AvgIpc) is 2.51. The predicted molar refractivity (Wildman–Crippen MR) is 87.9 cm³/mol. The number of benzene rings is 3. The van der Waals surface area contributed by atoms with E-state index in [9.17, 15) is 0 Å². The molecule has 0 unspecified atom stereocenters. The molecule has 0 aromatic heterocycles. The van der Waals surface area contributed by atoms with Gasteiger partial charge in [0.05, 0.1) is 0 Å². The summed E-state index contributed by atoms with van der Waals surface area (Å²) in [5, 5.41) is 2.73. The third-order valence-electron chi connectivity index (χ3n) is 3.68. The van der Waals surface area contributed by atoms with Crippen LogP contribution in [0.2, 0.25) is 0 Å². The highest BCUT2D eigenvalue weighted by atomic mass is 14.1. The molecular formula is C20H18. The summed E-state index contributed by atoms with van der Waals surface area (Å²) in [4.78, 5) is 0. The second-order valence-electron chi connectivity index (χ2n) is 5.10. The second kappa shape index (κ2) is 5.75. The van der Waals surface area contributed by atoms with Gasteiger partial charge in [0.2, 0.25) is 0 Å². The molecule has 0 aliphatic rings. The molecular weight excluding hydrogens is 240 g/mol. The van der Waals surface area contributed by atoms with E-state index in [0.29, 0.717) is 0 Å². The van der Waals surface area contributed by atoms with Crippen molar-refractivity contribution < 1.29 is 0 Å². The summed E-state index contributed by atoms with van der Waals surface area (Å²) >= 11 is 0. The smallest absolute Gasteiger partial charge is 0.00880 e. The van der Waals surface area contributed by atoms with Crippen LogP contribution in [0.15, 0.2) is 72.8 Å². The Labute approximate surface area is 120 Å². The van der Waals surface area contributed by atoms with Gasteiger partial charge in [-0.05, 0) is 40.8 Å². The number of hydrogen-bond donors (Lipinski definition) is 0. The van der Waals surface area contributed by atoms with Crippen molar-refractivity contribution in [3.63, 3.8) is 0 Å². The van der Waals surface area contributed by atoms with E-state index in [0.717, 1.165) is 6.42 Å². The maximum Gasteiger partial charge on any atom is -0.00880 e. The van der Waals surface area contributed by atoms with Gasteiger partial charge < -0.3 is 0 Å². The maximum absolute atomic E-state index is 2.24. The molecule has 0 spiro atoms. The number of hydrogen-bond acceptors (Lipinski definition) is 0. The lowest BCUT2D eigenvalue weighted by Gasteiger charge is -2.07. The molecule has 98 valence electrons. The van der Waals surface area contributed by atoms with Gasteiger partial charge in [-0.2, -0.15) is 0 Å². The molecule has 0 N–H and O–H groups in total. The fourth-order valence-electron chi connectivity index (χ4n) is 2.58. The van der Waals surface area contributed by atoms with Crippen molar-refractivity contribution in [1.82, 2.24) is 0 Å². The summed E-state index contributed by atoms with van der Waals surface area (Å²) < 4.78 is 0. The van der Waals surface area contributed by atoms with Crippen LogP contribution in [0.1, 0.15) is 16.7 Å². The van der Waals surface area contributed by atoms with E-state index in [2.05, 4.69) is 79.7 Å². The molecule has 0 saturated heterocycles. The highest BCUT2D eigenvalue weighted by molar-refractivity contribution is 5.88. The van der Waals surface area contributed by atoms with E-state index in [-0.39, 0.29) is 0 Å². The van der Waals surface area contributed by atoms with E-state index in [1.165, 1.54) is 27.5 Å². The van der Waals surface area contributed by atoms with Crippen molar-refractivity contribution in [3.8, 4) is 0 Å². The molecule has 0 aliphatic heterocycles. The Hall–Kier alpha value is -2.34. The maximum atomic E-state index is 2.24. The van der Waals surface area contributed by atoms with E-state index in [4.69, 9.17) is 0 Å². The first-order chi connectivity index (χ1) is 9.84. The minimum absolute atomic E-state index is 0.968. The van der Waals surface area contributed by atoms with E-state index >= 15 is 0 Å². The molecule has 20 heavy (non-hydrogen) atoms. The number of allylic oxidation sites excluding steroid dienone is 1. The lowest BCUT2D eigenvalue weighted by atomic mass is 9.98. The molecule has 0 radical (unpaired) electrons. The van der Waals surface area contributed by atoms with Crippen LogP contribution < -0.4 is 0 Å². The van der Waals surface area contributed by atoms with Crippen molar-refractivity contribution in [2.24, 2.45) is 0 Å². The van der Waals surface area contributed by atoms with Crippen molar-refractivity contribution >= 4 is 16.8 Å². The van der Waals surface area contributed by atoms with Crippen LogP contribution in [0.4, 0.5) is 0 Å². The lowest BCUT2D eigenvalue weighted by molar-refractivity contribution is 1.30. The average molecular weight is 258 g/mol. The zero-order valence-electron chi connectivity index (χ0n) is 11.7. The second-order valence-corrected chi connectivity index (χ2v) is 5.10. The summed E-state index contributed by atoms with van der Waals surface area (Å²) in [6.45, 7) is 2.17. The minimum Gasteiger partial charge on any atom is -0.0795 e. The van der Waals surface area contributed by atoms with Gasteiger partial charge in [0, 0.05) is 0 Å². The third-order valence-corrected chi connectivity index (χ3v) is 3.68. The Balaban J connectivity index is 1.89. The normalized spacial score (nSPS) is 11.2. The summed E-state index contributed by atoms with van der Waals surface area (Å²) in [6, 6.07) is 23.6. The number of aryl methyl sites for hydroxylation is 1. The predicted octanol–water partition coefficient (Wildman–Crippen LogP) is 5.40. The molecule has 0 nitrogen and oxygen atoms in total. The molecule has 3 aromatic carbocycles. The molecule has 0 amide bonds. The number of fused-ring (bicyclic) bond motifs is 1. The molecule has 0 saturated carbocycles. The van der Waals surface area contributed by atoms with Crippen LogP contribution in [-0.2, 0) is 6.42 Å². The Morgan fingerprint density at radius 3 is 2.25 bits per heavy atom. The van der Waals surface area contributed by atoms with Gasteiger partial charge in [0.15, 0.2) is 0 Å². The van der Waals surface area contributed by atoms with Crippen molar-refractivity contribution in [1.29, 1.82) is 0 Å². The largest absolute Gasteiger partial charge is 0.0795 e. The van der Waals surface area contributed by atoms with Crippen LogP contribution in [-0.4, -0.2) is 0 Å². The standard InChI is InChI=1S/C20H18/c1-16-14-15-18(20-13-6-5-12-19(16)20)11-7-10-17-8-3-2-4-9-17/h2-10,12-15H,11H2,1H3/b10-7+. The van der Waals surface area contributed by atoms with E-state index < -0.39 is 0 Å². The molecule has 0 bridgehead atoms. The van der Waals surface area contributed by atoms with Gasteiger partial charge in [0.25, 0.3) is 0 Å². The van der Waals surface area contributed by atoms with Gasteiger partial charge in [-0.15, -0.1) is 0 Å². The van der Waals surface area contributed by atoms with Crippen LogP contribution in [0.3, 0.4) is 0 Å². The lowest BCUT2D eigenvalue weighted by Crippen LogP contribution is -1.87. The summed E-state index contributed by atoms with van der Waals surface area (Å²) in [6.07, 6.45) is 5.40. The monoisotopic (exact) mass is 258 g/mol. The van der Waals surface area contributed by atoms with Crippen LogP contribution >= 0.6 is 0 Å². The van der Waals surface area contributed by atoms with E-state index in [1.54, 1.807) is 0 Å². The van der Waals surface area contributed by atoms with Gasteiger partial charge >= 0.3 is 0 Å². The molecule has 0 fully saturated rings. The van der Waals surface area contributed by atoms with Crippen molar-refractivity contribution in [3.05, 3.63) is 89.5 Å². The van der Waals surface area contributed by atoms with Crippen molar-refractivity contribution in [2.75, 3.05) is 0 Å². The first kappa shape index (κ1) is 12.7. The summed E-state index contributed by atoms with van der Waals surface area (Å²) in [5.41, 5.74) is 3.98. The quantitative estimate of drug-likeness (QED) is 0.589. The van der Waals surface area contributed by atoms with Gasteiger partial charge in [0.1, 0.15) is 0 Å². The van der Waals surface area contributed by atoms with Crippen LogP contribution in [0, 0.1) is 6.92 Å². The highest BCUT2D eigenvalue weighted by Crippen LogP contribution is 2.23. The molecule has 0 aliphatic carbocycles. The molecule has 0 heteroatoms. The Morgan fingerprint density at radius 1 is 0.750 bits per heavy atom. The Bertz CT molecular complexity index is 736. The van der Waals surface area contributed by atoms with Crippen molar-refractivity contribution in [2.45, 2.75) is 13.3 Å². The first-order valence-corrected chi connectivity index (χ1v) is 7.03. The molecule has 0 heterocycles. The molecule has 3 rings (SSSR count). The van der Waals surface area contributed by atoms with Crippen LogP contribution in [0.5, 0.6) is 0 Å². The topological polar surface area (TPSA) is 0 Å².